The average molecular weight is 471 g/mol. The minimum absolute atomic E-state index is 0.241. The van der Waals surface area contributed by atoms with Crippen molar-refractivity contribution in [3.8, 4) is 11.1 Å². The van der Waals surface area contributed by atoms with Crippen LogP contribution in [0.25, 0.3) is 11.1 Å². The van der Waals surface area contributed by atoms with Crippen molar-refractivity contribution in [1.29, 1.82) is 0 Å². The molecule has 174 valence electrons. The molecule has 0 spiro atoms. The summed E-state index contributed by atoms with van der Waals surface area (Å²) in [7, 11) is -2.82. The molecule has 1 saturated carbocycles. The maximum absolute atomic E-state index is 2.58. The number of allylic oxidation sites excluding steroid dienone is 4. The van der Waals surface area contributed by atoms with Crippen LogP contribution in [0.3, 0.4) is 0 Å². The molecule has 0 atom stereocenters. The molecule has 2 aromatic carbocycles. The Hall–Kier alpha value is -1.65. The molecule has 33 heavy (non-hydrogen) atoms. The van der Waals surface area contributed by atoms with Gasteiger partial charge in [0.1, 0.15) is 0 Å². The molecule has 2 aromatic rings. The van der Waals surface area contributed by atoms with Crippen molar-refractivity contribution in [3.63, 3.8) is 0 Å². The molecule has 0 nitrogen and oxygen atoms in total. The van der Waals surface area contributed by atoms with Crippen LogP contribution in [0.5, 0.6) is 0 Å². The molecule has 0 aliphatic heterocycles. The van der Waals surface area contributed by atoms with E-state index < -0.39 is 16.1 Å². The van der Waals surface area contributed by atoms with Gasteiger partial charge in [-0.05, 0) is 53.5 Å². The average Bonchev–Trinajstić information content (AvgIpc) is 3.34. The Bertz CT molecular complexity index is 1130. The Morgan fingerprint density at radius 3 is 2.06 bits per heavy atom. The van der Waals surface area contributed by atoms with Gasteiger partial charge in [-0.25, -0.2) is 0 Å². The first-order valence-electron chi connectivity index (χ1n) is 13.3. The van der Waals surface area contributed by atoms with Crippen LogP contribution in [0, 0.1) is 0 Å². The van der Waals surface area contributed by atoms with Crippen LogP contribution < -0.4 is 10.4 Å². The van der Waals surface area contributed by atoms with E-state index >= 15 is 0 Å². The number of benzene rings is 2. The predicted octanol–water partition coefficient (Wildman–Crippen LogP) is 7.83. The highest BCUT2D eigenvalue weighted by Crippen LogP contribution is 2.51. The van der Waals surface area contributed by atoms with Gasteiger partial charge in [0.25, 0.3) is 0 Å². The molecule has 2 heteroatoms. The zero-order valence-corrected chi connectivity index (χ0v) is 23.8. The molecule has 0 bridgehead atoms. The molecule has 0 N–H and O–H groups in total. The van der Waals surface area contributed by atoms with E-state index in [1.54, 1.807) is 38.2 Å². The van der Waals surface area contributed by atoms with Crippen LogP contribution in [0.2, 0.25) is 39.3 Å². The van der Waals surface area contributed by atoms with Gasteiger partial charge in [-0.15, -0.1) is 0 Å². The minimum Gasteiger partial charge on any atom is -0.0804 e. The molecule has 0 unspecified atom stereocenters. The summed E-state index contributed by atoms with van der Waals surface area (Å²) in [4.78, 5) is 0. The zero-order valence-electron chi connectivity index (χ0n) is 21.8. The second kappa shape index (κ2) is 8.24. The second-order valence-electron chi connectivity index (χ2n) is 12.9. The molecule has 0 heterocycles. The molecule has 3 aliphatic rings. The van der Waals surface area contributed by atoms with Crippen molar-refractivity contribution in [2.24, 2.45) is 0 Å². The van der Waals surface area contributed by atoms with Crippen LogP contribution in [-0.4, -0.2) is 16.1 Å². The first kappa shape index (κ1) is 23.1. The predicted molar refractivity (Wildman–Crippen MR) is 152 cm³/mol. The number of fused-ring (bicyclic) bond motifs is 3. The fourth-order valence-corrected chi connectivity index (χ4v) is 9.70. The first-order valence-corrected chi connectivity index (χ1v) is 20.3. The van der Waals surface area contributed by atoms with Gasteiger partial charge < -0.3 is 0 Å². The van der Waals surface area contributed by atoms with E-state index in [-0.39, 0.29) is 5.41 Å². The van der Waals surface area contributed by atoms with Crippen LogP contribution >= 0.6 is 0 Å². The number of hydrogen-bond acceptors (Lipinski definition) is 0. The van der Waals surface area contributed by atoms with Gasteiger partial charge in [0.05, 0.1) is 16.1 Å². The maximum Gasteiger partial charge on any atom is 0.0780 e. The van der Waals surface area contributed by atoms with Gasteiger partial charge in [0, 0.05) is 5.41 Å². The van der Waals surface area contributed by atoms with Crippen molar-refractivity contribution in [2.45, 2.75) is 96.1 Å². The zero-order chi connectivity index (χ0) is 23.4. The summed E-state index contributed by atoms with van der Waals surface area (Å²) in [6, 6.07) is 12.5. The molecule has 3 aliphatic carbocycles. The van der Waals surface area contributed by atoms with Crippen LogP contribution in [-0.2, 0) is 11.8 Å². The van der Waals surface area contributed by atoms with E-state index in [1.807, 2.05) is 0 Å². The highest BCUT2D eigenvalue weighted by molar-refractivity contribution is 6.89. The van der Waals surface area contributed by atoms with Crippen LogP contribution in [0.15, 0.2) is 54.1 Å². The highest BCUT2D eigenvalue weighted by atomic mass is 28.3. The molecule has 0 saturated heterocycles. The molecule has 0 aromatic heterocycles. The summed E-state index contributed by atoms with van der Waals surface area (Å²) in [5, 5.41) is 3.34. The number of hydrogen-bond donors (Lipinski definition) is 0. The monoisotopic (exact) mass is 470 g/mol. The molecule has 5 rings (SSSR count). The highest BCUT2D eigenvalue weighted by Gasteiger charge is 2.43. The summed E-state index contributed by atoms with van der Waals surface area (Å²) < 4.78 is 0. The van der Waals surface area contributed by atoms with Crippen LogP contribution in [0.1, 0.15) is 61.6 Å². The van der Waals surface area contributed by atoms with E-state index in [0.29, 0.717) is 0 Å². The van der Waals surface area contributed by atoms with Crippen molar-refractivity contribution in [1.82, 2.24) is 0 Å². The van der Waals surface area contributed by atoms with Gasteiger partial charge in [-0.2, -0.15) is 0 Å². The van der Waals surface area contributed by atoms with Gasteiger partial charge >= 0.3 is 0 Å². The van der Waals surface area contributed by atoms with Gasteiger partial charge in [0.15, 0.2) is 0 Å². The standard InChI is InChI=1S/C31H42Si2/c1-32(2,3)25-15-16-26-23(21-25)22-28-27(26)17-18-29(33(4,5)6)30(28)31(24-13-9-10-14-24)19-11-7-8-12-20-31/h9-10,13,15-18,21H,7-8,11-12,14,19-20,22H2,1-6H3. The molecule has 0 radical (unpaired) electrons. The van der Waals surface area contributed by atoms with Gasteiger partial charge in [-0.1, -0.05) is 129 Å². The third-order valence-corrected chi connectivity index (χ3v) is 12.6. The third-order valence-electron chi connectivity index (χ3n) is 8.57. The van der Waals surface area contributed by atoms with E-state index in [2.05, 4.69) is 87.8 Å². The normalized spacial score (nSPS) is 19.8. The minimum atomic E-state index is -1.50. The fourth-order valence-electron chi connectivity index (χ4n) is 6.78. The summed E-state index contributed by atoms with van der Waals surface area (Å²) in [6.45, 7) is 15.1. The summed E-state index contributed by atoms with van der Waals surface area (Å²) in [6.07, 6.45) is 17.7. The first-order chi connectivity index (χ1) is 15.6. The summed E-state index contributed by atoms with van der Waals surface area (Å²) in [5.74, 6) is 0. The summed E-state index contributed by atoms with van der Waals surface area (Å²) >= 11 is 0. The molecular weight excluding hydrogens is 429 g/mol. The molecule has 1 fully saturated rings. The number of rotatable bonds is 4. The van der Waals surface area contributed by atoms with E-state index in [1.165, 1.54) is 44.1 Å². The Morgan fingerprint density at radius 1 is 0.758 bits per heavy atom. The van der Waals surface area contributed by atoms with Crippen LogP contribution in [0.4, 0.5) is 0 Å². The quantitative estimate of drug-likeness (QED) is 0.269. The largest absolute Gasteiger partial charge is 0.0804 e. The Kier molecular flexibility index (Phi) is 5.77. The van der Waals surface area contributed by atoms with E-state index in [4.69, 9.17) is 0 Å². The topological polar surface area (TPSA) is 0 Å². The Labute approximate surface area is 204 Å². The summed E-state index contributed by atoms with van der Waals surface area (Å²) in [5.41, 5.74) is 10.0. The van der Waals surface area contributed by atoms with Crippen molar-refractivity contribution in [3.05, 3.63) is 70.8 Å². The smallest absolute Gasteiger partial charge is 0.0780 e. The fraction of sp³-hybridized carbons (Fsp3) is 0.484. The lowest BCUT2D eigenvalue weighted by atomic mass is 9.66. The second-order valence-corrected chi connectivity index (χ2v) is 23.0. The third kappa shape index (κ3) is 3.97. The molecular formula is C31H42Si2. The SMILES string of the molecule is C[Si](C)(C)c1ccc2c(c1)Cc1c-2ccc([Si](C)(C)C)c1C1(C2=CC=CC2)CCCCCC1. The molecule has 0 amide bonds. The maximum atomic E-state index is 2.58. The van der Waals surface area contributed by atoms with Crippen molar-refractivity contribution < 1.29 is 0 Å². The van der Waals surface area contributed by atoms with Gasteiger partial charge in [0.2, 0.25) is 0 Å². The van der Waals surface area contributed by atoms with Crippen molar-refractivity contribution >= 4 is 26.5 Å². The Balaban J connectivity index is 1.75. The van der Waals surface area contributed by atoms with E-state index in [0.717, 1.165) is 12.8 Å². The lowest BCUT2D eigenvalue weighted by molar-refractivity contribution is 0.430. The lowest BCUT2D eigenvalue weighted by Crippen LogP contribution is -2.46. The Morgan fingerprint density at radius 2 is 1.45 bits per heavy atom. The van der Waals surface area contributed by atoms with Gasteiger partial charge in [-0.3, -0.25) is 0 Å². The van der Waals surface area contributed by atoms with E-state index in [9.17, 15) is 0 Å². The lowest BCUT2D eigenvalue weighted by Gasteiger charge is -2.41. The van der Waals surface area contributed by atoms with Crippen molar-refractivity contribution in [2.75, 3.05) is 0 Å².